The highest BCUT2D eigenvalue weighted by Crippen LogP contribution is 2.36. The van der Waals surface area contributed by atoms with Crippen molar-refractivity contribution < 1.29 is 14.6 Å². The van der Waals surface area contributed by atoms with E-state index in [1.54, 1.807) is 12.1 Å². The van der Waals surface area contributed by atoms with E-state index in [0.29, 0.717) is 11.6 Å². The van der Waals surface area contributed by atoms with Crippen LogP contribution in [0.2, 0.25) is 5.02 Å². The number of aliphatic hydroxyl groups excluding tert-OH is 1. The molecule has 2 N–H and O–H groups in total. The molecule has 2 aromatic carbocycles. The van der Waals surface area contributed by atoms with Crippen LogP contribution in [0.1, 0.15) is 11.1 Å². The highest BCUT2D eigenvalue weighted by molar-refractivity contribution is 6.33. The van der Waals surface area contributed by atoms with E-state index in [-0.39, 0.29) is 13.4 Å². The Bertz CT molecular complexity index is 631. The van der Waals surface area contributed by atoms with Crippen molar-refractivity contribution >= 4 is 17.3 Å². The lowest BCUT2D eigenvalue weighted by Gasteiger charge is -2.11. The van der Waals surface area contributed by atoms with Crippen molar-refractivity contribution in [3.8, 4) is 11.5 Å². The van der Waals surface area contributed by atoms with E-state index >= 15 is 0 Å². The average molecular weight is 292 g/mol. The summed E-state index contributed by atoms with van der Waals surface area (Å²) in [7, 11) is 0. The molecule has 0 atom stereocenters. The maximum atomic E-state index is 9.16. The number of aliphatic hydroxyl groups is 1. The standard InChI is InChI=1S/C15H14ClNO3/c16-12-5-4-10(8-18)6-13(12)17-7-11-2-1-3-14-15(11)20-9-19-14/h1-6,17-18H,7-9H2. The van der Waals surface area contributed by atoms with Gasteiger partial charge in [0, 0.05) is 12.1 Å². The van der Waals surface area contributed by atoms with Gasteiger partial charge in [0.15, 0.2) is 11.5 Å². The zero-order valence-electron chi connectivity index (χ0n) is 10.7. The van der Waals surface area contributed by atoms with E-state index in [0.717, 1.165) is 28.3 Å². The zero-order valence-corrected chi connectivity index (χ0v) is 11.5. The van der Waals surface area contributed by atoms with Crippen LogP contribution in [0.4, 0.5) is 5.69 Å². The van der Waals surface area contributed by atoms with Crippen molar-refractivity contribution in [2.75, 3.05) is 12.1 Å². The van der Waals surface area contributed by atoms with E-state index in [9.17, 15) is 0 Å². The second kappa shape index (κ2) is 5.61. The monoisotopic (exact) mass is 291 g/mol. The fourth-order valence-electron chi connectivity index (χ4n) is 2.13. The van der Waals surface area contributed by atoms with Crippen molar-refractivity contribution in [3.05, 3.63) is 52.5 Å². The lowest BCUT2D eigenvalue weighted by atomic mass is 10.1. The van der Waals surface area contributed by atoms with Crippen LogP contribution in [-0.4, -0.2) is 11.9 Å². The van der Waals surface area contributed by atoms with Crippen LogP contribution in [0.5, 0.6) is 11.5 Å². The van der Waals surface area contributed by atoms with Crippen LogP contribution in [0.25, 0.3) is 0 Å². The minimum atomic E-state index is -0.0104. The van der Waals surface area contributed by atoms with Crippen LogP contribution >= 0.6 is 11.6 Å². The second-order valence-electron chi connectivity index (χ2n) is 4.48. The number of anilines is 1. The van der Waals surface area contributed by atoms with E-state index in [2.05, 4.69) is 5.32 Å². The number of halogens is 1. The number of ether oxygens (including phenoxy) is 2. The van der Waals surface area contributed by atoms with E-state index in [4.69, 9.17) is 26.2 Å². The minimum absolute atomic E-state index is 0.0104. The van der Waals surface area contributed by atoms with Crippen molar-refractivity contribution in [3.63, 3.8) is 0 Å². The smallest absolute Gasteiger partial charge is 0.231 e. The molecule has 0 spiro atoms. The Morgan fingerprint density at radius 3 is 2.95 bits per heavy atom. The van der Waals surface area contributed by atoms with Gasteiger partial charge in [-0.2, -0.15) is 0 Å². The Morgan fingerprint density at radius 1 is 1.20 bits per heavy atom. The summed E-state index contributed by atoms with van der Waals surface area (Å²) in [5.74, 6) is 1.54. The molecule has 0 fully saturated rings. The van der Waals surface area contributed by atoms with Gasteiger partial charge < -0.3 is 19.9 Å². The molecule has 0 amide bonds. The predicted molar refractivity (Wildman–Crippen MR) is 77.3 cm³/mol. The molecular weight excluding hydrogens is 278 g/mol. The summed E-state index contributed by atoms with van der Waals surface area (Å²) >= 11 is 6.14. The third kappa shape index (κ3) is 2.53. The number of para-hydroxylation sites is 1. The Morgan fingerprint density at radius 2 is 2.10 bits per heavy atom. The summed E-state index contributed by atoms with van der Waals surface area (Å²) in [5.41, 5.74) is 2.61. The first kappa shape index (κ1) is 13.1. The van der Waals surface area contributed by atoms with Crippen LogP contribution in [-0.2, 0) is 13.2 Å². The van der Waals surface area contributed by atoms with Gasteiger partial charge in [-0.05, 0) is 23.8 Å². The third-order valence-corrected chi connectivity index (χ3v) is 3.49. The maximum Gasteiger partial charge on any atom is 0.231 e. The molecule has 0 aliphatic carbocycles. The molecule has 1 aliphatic heterocycles. The molecule has 2 aromatic rings. The first-order chi connectivity index (χ1) is 9.78. The highest BCUT2D eigenvalue weighted by atomic mass is 35.5. The summed E-state index contributed by atoms with van der Waals surface area (Å²) in [6.45, 7) is 0.817. The number of hydrogen-bond donors (Lipinski definition) is 2. The van der Waals surface area contributed by atoms with Crippen LogP contribution in [0.3, 0.4) is 0 Å². The zero-order chi connectivity index (χ0) is 13.9. The molecule has 1 heterocycles. The molecule has 0 bridgehead atoms. The van der Waals surface area contributed by atoms with Gasteiger partial charge in [0.05, 0.1) is 17.3 Å². The van der Waals surface area contributed by atoms with Gasteiger partial charge in [-0.1, -0.05) is 29.8 Å². The van der Waals surface area contributed by atoms with Gasteiger partial charge in [-0.15, -0.1) is 0 Å². The average Bonchev–Trinajstić information content (AvgIpc) is 2.95. The lowest BCUT2D eigenvalue weighted by Crippen LogP contribution is -2.02. The number of fused-ring (bicyclic) bond motifs is 1. The Kier molecular flexibility index (Phi) is 3.67. The van der Waals surface area contributed by atoms with Crippen molar-refractivity contribution in [2.45, 2.75) is 13.2 Å². The number of benzene rings is 2. The summed E-state index contributed by atoms with van der Waals surface area (Å²) in [6, 6.07) is 11.2. The largest absolute Gasteiger partial charge is 0.454 e. The second-order valence-corrected chi connectivity index (χ2v) is 4.88. The SMILES string of the molecule is OCc1ccc(Cl)c(NCc2cccc3c2OCO3)c1. The number of nitrogens with one attached hydrogen (secondary N) is 1. The molecule has 3 rings (SSSR count). The number of hydrogen-bond acceptors (Lipinski definition) is 4. The topological polar surface area (TPSA) is 50.7 Å². The Balaban J connectivity index is 1.79. The fraction of sp³-hybridized carbons (Fsp3) is 0.200. The normalized spacial score (nSPS) is 12.5. The fourth-order valence-corrected chi connectivity index (χ4v) is 2.31. The number of rotatable bonds is 4. The molecule has 1 aliphatic rings. The quantitative estimate of drug-likeness (QED) is 0.908. The molecule has 20 heavy (non-hydrogen) atoms. The molecule has 4 nitrogen and oxygen atoms in total. The van der Waals surface area contributed by atoms with Gasteiger partial charge in [0.1, 0.15) is 0 Å². The van der Waals surface area contributed by atoms with Crippen LogP contribution in [0.15, 0.2) is 36.4 Å². The van der Waals surface area contributed by atoms with Crippen LogP contribution in [0, 0.1) is 0 Å². The molecular formula is C15H14ClNO3. The van der Waals surface area contributed by atoms with E-state index in [1.165, 1.54) is 0 Å². The molecule has 0 radical (unpaired) electrons. The molecule has 0 unspecified atom stereocenters. The lowest BCUT2D eigenvalue weighted by molar-refractivity contribution is 0.173. The molecule has 5 heteroatoms. The van der Waals surface area contributed by atoms with Gasteiger partial charge in [0.25, 0.3) is 0 Å². The van der Waals surface area contributed by atoms with Gasteiger partial charge in [0.2, 0.25) is 6.79 Å². The van der Waals surface area contributed by atoms with Gasteiger partial charge >= 0.3 is 0 Å². The molecule has 0 saturated heterocycles. The molecule has 0 aromatic heterocycles. The first-order valence-electron chi connectivity index (χ1n) is 6.28. The summed E-state index contributed by atoms with van der Waals surface area (Å²) in [6.07, 6.45) is 0. The van der Waals surface area contributed by atoms with Crippen LogP contribution < -0.4 is 14.8 Å². The summed E-state index contributed by atoms with van der Waals surface area (Å²) in [4.78, 5) is 0. The predicted octanol–water partition coefficient (Wildman–Crippen LogP) is 3.17. The Hall–Kier alpha value is -1.91. The van der Waals surface area contributed by atoms with Gasteiger partial charge in [-0.25, -0.2) is 0 Å². The van der Waals surface area contributed by atoms with Gasteiger partial charge in [-0.3, -0.25) is 0 Å². The third-order valence-electron chi connectivity index (χ3n) is 3.16. The van der Waals surface area contributed by atoms with E-state index in [1.807, 2.05) is 24.3 Å². The Labute approximate surface area is 121 Å². The first-order valence-corrected chi connectivity index (χ1v) is 6.66. The van der Waals surface area contributed by atoms with E-state index < -0.39 is 0 Å². The van der Waals surface area contributed by atoms with Crippen molar-refractivity contribution in [2.24, 2.45) is 0 Å². The van der Waals surface area contributed by atoms with Crippen molar-refractivity contribution in [1.82, 2.24) is 0 Å². The molecule has 104 valence electrons. The highest BCUT2D eigenvalue weighted by Gasteiger charge is 2.16. The maximum absolute atomic E-state index is 9.16. The molecule has 0 saturated carbocycles. The van der Waals surface area contributed by atoms with Crippen molar-refractivity contribution in [1.29, 1.82) is 0 Å². The summed E-state index contributed by atoms with van der Waals surface area (Å²) < 4.78 is 10.8. The summed E-state index contributed by atoms with van der Waals surface area (Å²) in [5, 5.41) is 13.0. The minimum Gasteiger partial charge on any atom is -0.454 e.